The lowest BCUT2D eigenvalue weighted by Gasteiger charge is -2.12. The summed E-state index contributed by atoms with van der Waals surface area (Å²) in [6.07, 6.45) is 1.07. The summed E-state index contributed by atoms with van der Waals surface area (Å²) < 4.78 is 10.4. The Kier molecular flexibility index (Phi) is 9.80. The Morgan fingerprint density at radius 3 is 2.42 bits per heavy atom. The molecule has 0 aromatic heterocycles. The molecule has 108 valence electrons. The van der Waals surface area contributed by atoms with E-state index in [1.165, 1.54) is 6.21 Å². The predicted molar refractivity (Wildman–Crippen MR) is 83.1 cm³/mol. The Bertz CT molecular complexity index is 361. The molecule has 8 nitrogen and oxygen atoms in total. The molecule has 0 aliphatic heterocycles. The maximum absolute atomic E-state index is 5.47. The number of hydrogen-bond acceptors (Lipinski definition) is 6. The Morgan fingerprint density at radius 1 is 1.26 bits per heavy atom. The first-order valence-electron chi connectivity index (χ1n) is 5.29. The molecule has 0 aliphatic rings. The van der Waals surface area contributed by atoms with Crippen LogP contribution < -0.4 is 22.3 Å². The maximum atomic E-state index is 5.47. The Balaban J connectivity index is 4.55. The van der Waals surface area contributed by atoms with Gasteiger partial charge in [0, 0.05) is 7.11 Å². The highest BCUT2D eigenvalue weighted by Gasteiger charge is 2.09. The molecule has 0 saturated heterocycles. The van der Waals surface area contributed by atoms with E-state index in [2.05, 4.69) is 45.5 Å². The Labute approximate surface area is 122 Å². The van der Waals surface area contributed by atoms with Gasteiger partial charge >= 0.3 is 0 Å². The summed E-state index contributed by atoms with van der Waals surface area (Å²) in [6.45, 7) is 2.69. The number of nitrogens with zero attached hydrogens (tertiary/aromatic N) is 2. The van der Waals surface area contributed by atoms with E-state index in [4.69, 9.17) is 20.9 Å². The van der Waals surface area contributed by atoms with Crippen LogP contribution in [0.3, 0.4) is 0 Å². The van der Waals surface area contributed by atoms with Gasteiger partial charge in [0.1, 0.15) is 11.8 Å². The summed E-state index contributed by atoms with van der Waals surface area (Å²) >= 11 is 9.27. The van der Waals surface area contributed by atoms with Gasteiger partial charge in [-0.05, 0) is 31.4 Å². The molecule has 0 aromatic carbocycles. The lowest BCUT2D eigenvalue weighted by Crippen LogP contribution is -2.32. The average Bonchev–Trinajstić information content (AvgIpc) is 2.32. The van der Waals surface area contributed by atoms with Crippen molar-refractivity contribution >= 4 is 46.6 Å². The number of rotatable bonds is 8. The minimum Gasteiger partial charge on any atom is -0.382 e. The number of thiocarbonyl (C=S) groups is 2. The van der Waals surface area contributed by atoms with Crippen molar-refractivity contribution < 1.29 is 9.47 Å². The second-order valence-electron chi connectivity index (χ2n) is 3.25. The van der Waals surface area contributed by atoms with Gasteiger partial charge in [-0.25, -0.2) is 0 Å². The van der Waals surface area contributed by atoms with Gasteiger partial charge in [-0.1, -0.05) is 0 Å². The molecule has 0 rings (SSSR count). The molecule has 0 unspecified atom stereocenters. The second-order valence-corrected chi connectivity index (χ2v) is 4.13. The van der Waals surface area contributed by atoms with Crippen molar-refractivity contribution in [2.24, 2.45) is 21.7 Å². The van der Waals surface area contributed by atoms with E-state index in [-0.39, 0.29) is 16.3 Å². The molecule has 0 heterocycles. The standard InChI is InChI=1S/C9H18N6O2S2/c1-6(17-4-3-16-2)7(13-15-9(11)19)5-12-14-8(10)18/h5-6H,3-4H2,1-2H3,(H3,10,14,18)(H3,11,15,19)/b12-5-,13-7-/t6-/m0/s1. The Morgan fingerprint density at radius 2 is 1.89 bits per heavy atom. The SMILES string of the molecule is COCCO[C@@H](C)C(/C=N\NC(N)=S)=N\NC(N)=S. The number of hydrogen-bond donors (Lipinski definition) is 4. The third-order valence-electron chi connectivity index (χ3n) is 1.74. The smallest absolute Gasteiger partial charge is 0.184 e. The van der Waals surface area contributed by atoms with Crippen LogP contribution in [0.1, 0.15) is 6.92 Å². The zero-order valence-electron chi connectivity index (χ0n) is 10.8. The number of methoxy groups -OCH3 is 1. The van der Waals surface area contributed by atoms with Crippen molar-refractivity contribution in [1.29, 1.82) is 0 Å². The molecule has 6 N–H and O–H groups in total. The third kappa shape index (κ3) is 10.3. The first-order chi connectivity index (χ1) is 8.97. The van der Waals surface area contributed by atoms with Crippen molar-refractivity contribution in [3.63, 3.8) is 0 Å². The minimum atomic E-state index is -0.339. The molecule has 0 spiro atoms. The van der Waals surface area contributed by atoms with Crippen LogP contribution in [-0.4, -0.2) is 48.6 Å². The molecule has 19 heavy (non-hydrogen) atoms. The third-order valence-corrected chi connectivity index (χ3v) is 1.92. The fourth-order valence-electron chi connectivity index (χ4n) is 0.900. The molecule has 0 saturated carbocycles. The monoisotopic (exact) mass is 306 g/mol. The van der Waals surface area contributed by atoms with Crippen LogP contribution in [0.15, 0.2) is 10.2 Å². The van der Waals surface area contributed by atoms with Crippen LogP contribution in [-0.2, 0) is 9.47 Å². The number of nitrogens with one attached hydrogen (secondary N) is 2. The van der Waals surface area contributed by atoms with Crippen molar-refractivity contribution in [2.45, 2.75) is 13.0 Å². The zero-order chi connectivity index (χ0) is 14.7. The minimum absolute atomic E-state index is 0.0392. The molecule has 1 atom stereocenters. The van der Waals surface area contributed by atoms with Crippen molar-refractivity contribution in [1.82, 2.24) is 10.9 Å². The van der Waals surface area contributed by atoms with Gasteiger partial charge in [-0.15, -0.1) is 0 Å². The van der Waals surface area contributed by atoms with Crippen LogP contribution in [0.2, 0.25) is 0 Å². The molecule has 0 aliphatic carbocycles. The lowest BCUT2D eigenvalue weighted by atomic mass is 10.2. The van der Waals surface area contributed by atoms with E-state index in [9.17, 15) is 0 Å². The molecule has 0 bridgehead atoms. The van der Waals surface area contributed by atoms with Crippen molar-refractivity contribution in [2.75, 3.05) is 20.3 Å². The highest BCUT2D eigenvalue weighted by molar-refractivity contribution is 7.80. The number of hydrazone groups is 2. The van der Waals surface area contributed by atoms with E-state index in [1.807, 2.05) is 0 Å². The summed E-state index contributed by atoms with van der Waals surface area (Å²) in [6, 6.07) is 0. The van der Waals surface area contributed by atoms with Gasteiger partial charge in [0.2, 0.25) is 0 Å². The predicted octanol–water partition coefficient (Wildman–Crippen LogP) is -0.954. The number of ether oxygens (including phenoxy) is 2. The van der Waals surface area contributed by atoms with Gasteiger partial charge in [0.15, 0.2) is 10.2 Å². The fraction of sp³-hybridized carbons (Fsp3) is 0.556. The first-order valence-corrected chi connectivity index (χ1v) is 6.11. The molecule has 0 radical (unpaired) electrons. The van der Waals surface area contributed by atoms with Crippen LogP contribution in [0.4, 0.5) is 0 Å². The highest BCUT2D eigenvalue weighted by atomic mass is 32.1. The quantitative estimate of drug-likeness (QED) is 0.196. The number of nitrogens with two attached hydrogens (primary N) is 2. The van der Waals surface area contributed by atoms with Gasteiger partial charge in [-0.2, -0.15) is 10.2 Å². The van der Waals surface area contributed by atoms with E-state index in [1.54, 1.807) is 14.0 Å². The van der Waals surface area contributed by atoms with Crippen molar-refractivity contribution in [3.05, 3.63) is 0 Å². The second kappa shape index (κ2) is 10.6. The van der Waals surface area contributed by atoms with E-state index in [0.717, 1.165) is 0 Å². The van der Waals surface area contributed by atoms with Gasteiger partial charge in [-0.3, -0.25) is 10.9 Å². The fourth-order valence-corrected chi connectivity index (χ4v) is 0.998. The van der Waals surface area contributed by atoms with E-state index in [0.29, 0.717) is 18.9 Å². The highest BCUT2D eigenvalue weighted by Crippen LogP contribution is 1.93. The molecule has 0 aromatic rings. The van der Waals surface area contributed by atoms with Crippen LogP contribution in [0, 0.1) is 0 Å². The Hall–Kier alpha value is -1.36. The molecular weight excluding hydrogens is 288 g/mol. The van der Waals surface area contributed by atoms with E-state index >= 15 is 0 Å². The molecular formula is C9H18N6O2S2. The normalized spacial score (nSPS) is 13.3. The zero-order valence-corrected chi connectivity index (χ0v) is 12.4. The van der Waals surface area contributed by atoms with E-state index < -0.39 is 0 Å². The molecule has 0 fully saturated rings. The van der Waals surface area contributed by atoms with Gasteiger partial charge in [0.25, 0.3) is 0 Å². The first kappa shape index (κ1) is 17.6. The van der Waals surface area contributed by atoms with Crippen LogP contribution in [0.5, 0.6) is 0 Å². The van der Waals surface area contributed by atoms with Gasteiger partial charge in [0.05, 0.1) is 19.4 Å². The summed E-state index contributed by atoms with van der Waals surface area (Å²) in [7, 11) is 1.59. The average molecular weight is 306 g/mol. The van der Waals surface area contributed by atoms with Crippen LogP contribution in [0.25, 0.3) is 0 Å². The van der Waals surface area contributed by atoms with Crippen LogP contribution >= 0.6 is 24.4 Å². The topological polar surface area (TPSA) is 119 Å². The summed E-state index contributed by atoms with van der Waals surface area (Å²) in [4.78, 5) is 0. The maximum Gasteiger partial charge on any atom is 0.184 e. The van der Waals surface area contributed by atoms with Crippen molar-refractivity contribution in [3.8, 4) is 0 Å². The largest absolute Gasteiger partial charge is 0.382 e. The molecule has 10 heteroatoms. The lowest BCUT2D eigenvalue weighted by molar-refractivity contribution is 0.0559. The summed E-state index contributed by atoms with van der Waals surface area (Å²) in [5.74, 6) is 0. The molecule has 0 amide bonds. The summed E-state index contributed by atoms with van der Waals surface area (Å²) in [5.41, 5.74) is 15.9. The van der Waals surface area contributed by atoms with Gasteiger partial charge < -0.3 is 20.9 Å². The summed E-state index contributed by atoms with van der Waals surface area (Å²) in [5, 5.41) is 7.84.